The van der Waals surface area contributed by atoms with Crippen molar-refractivity contribution < 1.29 is 34.2 Å². The number of rotatable bonds is 8. The molecule has 2 amide bonds. The van der Waals surface area contributed by atoms with E-state index in [0.717, 1.165) is 16.4 Å². The second-order valence-corrected chi connectivity index (χ2v) is 8.12. The first-order valence-corrected chi connectivity index (χ1v) is 10.3. The molecule has 0 aromatic carbocycles. The van der Waals surface area contributed by atoms with Crippen LogP contribution in [-0.4, -0.2) is 77.2 Å². The third kappa shape index (κ3) is 4.35. The lowest BCUT2D eigenvalue weighted by atomic mass is 10.0. The molecule has 1 unspecified atom stereocenters. The number of amides is 2. The number of thioether (sulfide) groups is 1. The van der Waals surface area contributed by atoms with Gasteiger partial charge in [0, 0.05) is 17.3 Å². The molecular weight excluding hydrogens is 440 g/mol. The van der Waals surface area contributed by atoms with Crippen LogP contribution in [0.1, 0.15) is 19.2 Å². The molecular formula is C15H16N6O7S2. The van der Waals surface area contributed by atoms with Gasteiger partial charge in [-0.25, -0.2) is 4.79 Å². The van der Waals surface area contributed by atoms with Crippen LogP contribution in [-0.2, 0) is 24.0 Å². The van der Waals surface area contributed by atoms with Crippen molar-refractivity contribution in [2.45, 2.75) is 30.9 Å². The minimum atomic E-state index is -1.23. The fraction of sp³-hybridized carbons (Fsp3) is 0.400. The van der Waals surface area contributed by atoms with E-state index in [1.54, 1.807) is 0 Å². The van der Waals surface area contributed by atoms with Crippen molar-refractivity contribution in [3.63, 3.8) is 0 Å². The lowest BCUT2D eigenvalue weighted by molar-refractivity contribution is -0.150. The molecule has 13 nitrogen and oxygen atoms in total. The van der Waals surface area contributed by atoms with Gasteiger partial charge in [0.05, 0.1) is 6.42 Å². The summed E-state index contributed by atoms with van der Waals surface area (Å²) < 4.78 is 3.89. The average Bonchev–Trinajstić information content (AvgIpc) is 3.10. The molecule has 1 aromatic heterocycles. The number of hydrogen-bond donors (Lipinski definition) is 4. The first kappa shape index (κ1) is 21.5. The average molecular weight is 456 g/mol. The van der Waals surface area contributed by atoms with Crippen LogP contribution in [0.2, 0.25) is 0 Å². The van der Waals surface area contributed by atoms with Crippen LogP contribution in [0.15, 0.2) is 16.9 Å². The number of β-lactam (4-membered cyclic amide) rings is 1. The Morgan fingerprint density at radius 3 is 2.80 bits per heavy atom. The molecule has 1 saturated heterocycles. The summed E-state index contributed by atoms with van der Waals surface area (Å²) >= 11 is 2.10. The Bertz CT molecular complexity index is 961. The molecule has 160 valence electrons. The third-order valence-electron chi connectivity index (χ3n) is 4.01. The van der Waals surface area contributed by atoms with E-state index in [2.05, 4.69) is 19.8 Å². The standard InChI is InChI=1S/C15H16N6O7S2/c1-5(4-7(22)23)28-19-8(10-18-15(16)30-20-10)11(24)17-9-12(25)21-6(14(26)27)2-3-29-13(9)21/h2,5,9,13H,3-4H2,1H3,(H,17,24)(H,22,23)(H,26,27)(H2,16,18,20)/b19-8-/t5?,9-,13-/m1/s1. The van der Waals surface area contributed by atoms with E-state index in [1.807, 2.05) is 0 Å². The maximum atomic E-state index is 12.8. The summed E-state index contributed by atoms with van der Waals surface area (Å²) in [4.78, 5) is 57.2. The topological polar surface area (TPSA) is 197 Å². The molecule has 1 fully saturated rings. The van der Waals surface area contributed by atoms with Crippen LogP contribution in [0.3, 0.4) is 0 Å². The zero-order valence-corrected chi connectivity index (χ0v) is 17.0. The predicted octanol–water partition coefficient (Wildman–Crippen LogP) is -0.927. The number of carboxylic acid groups (broad SMARTS) is 2. The van der Waals surface area contributed by atoms with Crippen LogP contribution in [0.5, 0.6) is 0 Å². The highest BCUT2D eigenvalue weighted by atomic mass is 32.2. The fourth-order valence-corrected chi connectivity index (χ4v) is 4.32. The number of aromatic nitrogens is 2. The zero-order chi connectivity index (χ0) is 22.0. The Balaban J connectivity index is 1.76. The number of hydrogen-bond acceptors (Lipinski definition) is 11. The van der Waals surface area contributed by atoms with E-state index in [9.17, 15) is 24.3 Å². The molecule has 0 radical (unpaired) electrons. The molecule has 1 aromatic rings. The highest BCUT2D eigenvalue weighted by Crippen LogP contribution is 2.37. The van der Waals surface area contributed by atoms with Crippen molar-refractivity contribution in [3.05, 3.63) is 17.6 Å². The van der Waals surface area contributed by atoms with Gasteiger partial charge in [-0.05, 0) is 13.0 Å². The van der Waals surface area contributed by atoms with E-state index in [0.29, 0.717) is 5.75 Å². The summed E-state index contributed by atoms with van der Waals surface area (Å²) in [6, 6.07) is -0.983. The van der Waals surface area contributed by atoms with E-state index in [1.165, 1.54) is 24.8 Å². The normalized spacial score (nSPS) is 21.8. The van der Waals surface area contributed by atoms with Crippen molar-refractivity contribution in [3.8, 4) is 0 Å². The number of aliphatic carboxylic acids is 2. The molecule has 3 rings (SSSR count). The molecule has 15 heteroatoms. The van der Waals surface area contributed by atoms with Crippen LogP contribution >= 0.6 is 23.3 Å². The first-order valence-electron chi connectivity index (χ1n) is 8.43. The summed E-state index contributed by atoms with van der Waals surface area (Å²) in [5, 5.41) is 23.6. The summed E-state index contributed by atoms with van der Waals surface area (Å²) in [6.45, 7) is 1.45. The SMILES string of the molecule is CC(CC(=O)O)O/N=C(\C(=O)N[C@@H]1C(=O)N2C(C(=O)O)=CCS[C@H]12)c1nsc(N)n1. The Morgan fingerprint density at radius 1 is 1.47 bits per heavy atom. The highest BCUT2D eigenvalue weighted by Gasteiger charge is 2.53. The molecule has 30 heavy (non-hydrogen) atoms. The lowest BCUT2D eigenvalue weighted by Gasteiger charge is -2.48. The molecule has 0 spiro atoms. The quantitative estimate of drug-likeness (QED) is 0.214. The van der Waals surface area contributed by atoms with Gasteiger partial charge in [-0.15, -0.1) is 11.8 Å². The number of carbonyl (C=O) groups excluding carboxylic acids is 2. The van der Waals surface area contributed by atoms with E-state index >= 15 is 0 Å². The number of oxime groups is 1. The van der Waals surface area contributed by atoms with Gasteiger partial charge in [0.25, 0.3) is 11.8 Å². The number of carboxylic acids is 2. The van der Waals surface area contributed by atoms with Crippen molar-refractivity contribution in [2.75, 3.05) is 11.5 Å². The van der Waals surface area contributed by atoms with E-state index < -0.39 is 41.3 Å². The van der Waals surface area contributed by atoms with E-state index in [4.69, 9.17) is 15.7 Å². The Hall–Kier alpha value is -3.20. The minimum Gasteiger partial charge on any atom is -0.481 e. The summed E-state index contributed by atoms with van der Waals surface area (Å²) in [5.41, 5.74) is 5.02. The first-order chi connectivity index (χ1) is 14.2. The van der Waals surface area contributed by atoms with Gasteiger partial charge >= 0.3 is 11.9 Å². The van der Waals surface area contributed by atoms with Crippen molar-refractivity contribution in [2.24, 2.45) is 5.16 Å². The number of anilines is 1. The molecule has 3 atom stereocenters. The van der Waals surface area contributed by atoms with Crippen LogP contribution in [0.4, 0.5) is 5.13 Å². The number of nitrogens with two attached hydrogens (primary N) is 1. The van der Waals surface area contributed by atoms with Gasteiger partial charge in [0.2, 0.25) is 11.5 Å². The summed E-state index contributed by atoms with van der Waals surface area (Å²) in [7, 11) is 0. The molecule has 2 aliphatic heterocycles. The Morgan fingerprint density at radius 2 is 2.20 bits per heavy atom. The second-order valence-electron chi connectivity index (χ2n) is 6.19. The minimum absolute atomic E-state index is 0.0639. The second kappa shape index (κ2) is 8.66. The van der Waals surface area contributed by atoms with Gasteiger partial charge < -0.3 is 26.1 Å². The third-order valence-corrected chi connectivity index (χ3v) is 5.73. The highest BCUT2D eigenvalue weighted by molar-refractivity contribution is 8.00. The van der Waals surface area contributed by atoms with E-state index in [-0.39, 0.29) is 28.8 Å². The van der Waals surface area contributed by atoms with Gasteiger partial charge in [-0.3, -0.25) is 19.3 Å². The van der Waals surface area contributed by atoms with Gasteiger partial charge in [0.1, 0.15) is 23.2 Å². The zero-order valence-electron chi connectivity index (χ0n) is 15.3. The van der Waals surface area contributed by atoms with Crippen LogP contribution in [0.25, 0.3) is 0 Å². The molecule has 0 aliphatic carbocycles. The van der Waals surface area contributed by atoms with Gasteiger partial charge in [0.15, 0.2) is 5.13 Å². The molecule has 3 heterocycles. The maximum absolute atomic E-state index is 12.8. The molecule has 0 bridgehead atoms. The number of fused-ring (bicyclic) bond motifs is 1. The largest absolute Gasteiger partial charge is 0.481 e. The smallest absolute Gasteiger partial charge is 0.352 e. The number of nitrogen functional groups attached to an aromatic ring is 1. The van der Waals surface area contributed by atoms with Crippen molar-refractivity contribution in [1.82, 2.24) is 19.6 Å². The van der Waals surface area contributed by atoms with Gasteiger partial charge in [-0.2, -0.15) is 9.36 Å². The number of nitrogens with zero attached hydrogens (tertiary/aromatic N) is 4. The van der Waals surface area contributed by atoms with Crippen molar-refractivity contribution >= 4 is 57.9 Å². The molecule has 5 N–H and O–H groups in total. The predicted molar refractivity (Wildman–Crippen MR) is 104 cm³/mol. The Kier molecular flexibility index (Phi) is 6.21. The fourth-order valence-electron chi connectivity index (χ4n) is 2.69. The summed E-state index contributed by atoms with van der Waals surface area (Å²) in [6.07, 6.45) is 0.218. The summed E-state index contributed by atoms with van der Waals surface area (Å²) in [5.74, 6) is -3.56. The lowest BCUT2D eigenvalue weighted by Crippen LogP contribution is -2.70. The van der Waals surface area contributed by atoms with Crippen LogP contribution in [0, 0.1) is 0 Å². The molecule has 0 saturated carbocycles. The maximum Gasteiger partial charge on any atom is 0.352 e. The Labute approximate surface area is 177 Å². The monoisotopic (exact) mass is 456 g/mol. The van der Waals surface area contributed by atoms with Crippen molar-refractivity contribution in [1.29, 1.82) is 0 Å². The number of carbonyl (C=O) groups is 4. The molecule has 2 aliphatic rings. The number of nitrogens with one attached hydrogen (secondary N) is 1. The van der Waals surface area contributed by atoms with Gasteiger partial charge in [-0.1, -0.05) is 5.16 Å². The van der Waals surface area contributed by atoms with Crippen LogP contribution < -0.4 is 11.1 Å².